The quantitative estimate of drug-likeness (QED) is 0.629. The summed E-state index contributed by atoms with van der Waals surface area (Å²) in [5.74, 6) is 0.960. The molecule has 0 radical (unpaired) electrons. The number of thioether (sulfide) groups is 1. The second-order valence-electron chi connectivity index (χ2n) is 4.24. The summed E-state index contributed by atoms with van der Waals surface area (Å²) in [6.07, 6.45) is 2.06. The van der Waals surface area contributed by atoms with Crippen LogP contribution in [-0.2, 0) is 0 Å². The second-order valence-corrected chi connectivity index (χ2v) is 5.09. The molecule has 2 nitrogen and oxygen atoms in total. The van der Waals surface area contributed by atoms with Crippen LogP contribution in [0.5, 0.6) is 5.75 Å². The van der Waals surface area contributed by atoms with Crippen LogP contribution in [-0.4, -0.2) is 19.4 Å². The van der Waals surface area contributed by atoms with Gasteiger partial charge in [-0.25, -0.2) is 0 Å². The molecule has 0 aliphatic heterocycles. The molecular formula is C16H19NOS. The van der Waals surface area contributed by atoms with Crippen LogP contribution in [0.25, 0.3) is 0 Å². The maximum atomic E-state index is 5.81. The summed E-state index contributed by atoms with van der Waals surface area (Å²) in [6, 6.07) is 16.4. The first-order chi connectivity index (χ1) is 9.31. The normalized spacial score (nSPS) is 10.2. The van der Waals surface area contributed by atoms with Crippen molar-refractivity contribution in [3.05, 3.63) is 54.1 Å². The molecule has 0 aliphatic carbocycles. The van der Waals surface area contributed by atoms with Crippen molar-refractivity contribution in [2.75, 3.05) is 24.7 Å². The fourth-order valence-corrected chi connectivity index (χ4v) is 2.40. The van der Waals surface area contributed by atoms with Crippen LogP contribution >= 0.6 is 11.8 Å². The third-order valence-electron chi connectivity index (χ3n) is 2.89. The minimum Gasteiger partial charge on any atom is -0.491 e. The van der Waals surface area contributed by atoms with Gasteiger partial charge in [0.05, 0.1) is 0 Å². The SMILES string of the molecule is CSc1ccccc1OCCNc1ccccc1C. The molecule has 0 fully saturated rings. The van der Waals surface area contributed by atoms with Crippen LogP contribution < -0.4 is 10.1 Å². The zero-order valence-corrected chi connectivity index (χ0v) is 12.2. The molecule has 0 atom stereocenters. The van der Waals surface area contributed by atoms with Gasteiger partial charge in [-0.2, -0.15) is 0 Å². The molecule has 0 spiro atoms. The second kappa shape index (κ2) is 7.10. The molecule has 0 aromatic heterocycles. The van der Waals surface area contributed by atoms with Gasteiger partial charge in [0.2, 0.25) is 0 Å². The molecule has 0 aliphatic rings. The average Bonchev–Trinajstić information content (AvgIpc) is 2.45. The Balaban J connectivity index is 1.83. The highest BCUT2D eigenvalue weighted by Crippen LogP contribution is 2.26. The summed E-state index contributed by atoms with van der Waals surface area (Å²) in [5, 5.41) is 3.39. The molecule has 19 heavy (non-hydrogen) atoms. The topological polar surface area (TPSA) is 21.3 Å². The lowest BCUT2D eigenvalue weighted by atomic mass is 10.2. The Morgan fingerprint density at radius 2 is 1.79 bits per heavy atom. The monoisotopic (exact) mass is 273 g/mol. The van der Waals surface area contributed by atoms with Gasteiger partial charge in [-0.1, -0.05) is 30.3 Å². The van der Waals surface area contributed by atoms with Crippen molar-refractivity contribution >= 4 is 17.4 Å². The Labute approximate surface area is 119 Å². The summed E-state index contributed by atoms with van der Waals surface area (Å²) < 4.78 is 5.81. The number of para-hydroxylation sites is 2. The number of aryl methyl sites for hydroxylation is 1. The molecule has 2 aromatic rings. The highest BCUT2D eigenvalue weighted by molar-refractivity contribution is 7.98. The van der Waals surface area contributed by atoms with Crippen LogP contribution in [0.3, 0.4) is 0 Å². The van der Waals surface area contributed by atoms with Crippen LogP contribution in [0.2, 0.25) is 0 Å². The Morgan fingerprint density at radius 3 is 2.58 bits per heavy atom. The first-order valence-corrected chi connectivity index (χ1v) is 7.59. The van der Waals surface area contributed by atoms with E-state index in [0.29, 0.717) is 6.61 Å². The van der Waals surface area contributed by atoms with Gasteiger partial charge in [0.15, 0.2) is 0 Å². The fourth-order valence-electron chi connectivity index (χ4n) is 1.86. The van der Waals surface area contributed by atoms with Crippen molar-refractivity contribution in [1.82, 2.24) is 0 Å². The summed E-state index contributed by atoms with van der Waals surface area (Å²) in [4.78, 5) is 1.18. The third kappa shape index (κ3) is 3.93. The first-order valence-electron chi connectivity index (χ1n) is 6.36. The van der Waals surface area contributed by atoms with E-state index in [1.807, 2.05) is 30.3 Å². The highest BCUT2D eigenvalue weighted by Gasteiger charge is 2.01. The van der Waals surface area contributed by atoms with Crippen molar-refractivity contribution in [3.8, 4) is 5.75 Å². The van der Waals surface area contributed by atoms with Crippen molar-refractivity contribution < 1.29 is 4.74 Å². The molecule has 0 heterocycles. The van der Waals surface area contributed by atoms with Gasteiger partial charge in [0.1, 0.15) is 12.4 Å². The van der Waals surface area contributed by atoms with Gasteiger partial charge in [0, 0.05) is 17.1 Å². The van der Waals surface area contributed by atoms with E-state index in [2.05, 4.69) is 36.7 Å². The molecule has 0 saturated carbocycles. The molecule has 1 N–H and O–H groups in total. The zero-order valence-electron chi connectivity index (χ0n) is 11.3. The number of hydrogen-bond donors (Lipinski definition) is 1. The lowest BCUT2D eigenvalue weighted by molar-refractivity contribution is 0.325. The van der Waals surface area contributed by atoms with Gasteiger partial charge < -0.3 is 10.1 Å². The van der Waals surface area contributed by atoms with E-state index in [4.69, 9.17) is 4.74 Å². The van der Waals surface area contributed by atoms with Gasteiger partial charge in [-0.3, -0.25) is 0 Å². The maximum Gasteiger partial charge on any atom is 0.132 e. The van der Waals surface area contributed by atoms with E-state index < -0.39 is 0 Å². The zero-order chi connectivity index (χ0) is 13.5. The molecular weight excluding hydrogens is 254 g/mol. The van der Waals surface area contributed by atoms with Crippen LogP contribution in [0, 0.1) is 6.92 Å². The standard InChI is InChI=1S/C16H19NOS/c1-13-7-3-4-8-14(13)17-11-12-18-15-9-5-6-10-16(15)19-2/h3-10,17H,11-12H2,1-2H3. The Morgan fingerprint density at radius 1 is 1.05 bits per heavy atom. The van der Waals surface area contributed by atoms with Crippen molar-refractivity contribution in [2.45, 2.75) is 11.8 Å². The van der Waals surface area contributed by atoms with E-state index >= 15 is 0 Å². The van der Waals surface area contributed by atoms with E-state index in [9.17, 15) is 0 Å². The largest absolute Gasteiger partial charge is 0.491 e. The Kier molecular flexibility index (Phi) is 5.16. The van der Waals surface area contributed by atoms with Crippen LogP contribution in [0.15, 0.2) is 53.4 Å². The molecule has 0 amide bonds. The summed E-state index contributed by atoms with van der Waals surface area (Å²) in [7, 11) is 0. The minimum absolute atomic E-state index is 0.659. The maximum absolute atomic E-state index is 5.81. The molecule has 100 valence electrons. The predicted octanol–water partition coefficient (Wildman–Crippen LogP) is 4.21. The summed E-state index contributed by atoms with van der Waals surface area (Å²) >= 11 is 1.71. The smallest absolute Gasteiger partial charge is 0.132 e. The summed E-state index contributed by atoms with van der Waals surface area (Å²) in [5.41, 5.74) is 2.43. The van der Waals surface area contributed by atoms with E-state index in [1.54, 1.807) is 11.8 Å². The van der Waals surface area contributed by atoms with Gasteiger partial charge in [-0.15, -0.1) is 11.8 Å². The lowest BCUT2D eigenvalue weighted by Crippen LogP contribution is -2.12. The number of benzene rings is 2. The number of ether oxygens (including phenoxy) is 1. The number of hydrogen-bond acceptors (Lipinski definition) is 3. The molecule has 2 rings (SSSR count). The van der Waals surface area contributed by atoms with Crippen molar-refractivity contribution in [1.29, 1.82) is 0 Å². The van der Waals surface area contributed by atoms with E-state index in [-0.39, 0.29) is 0 Å². The minimum atomic E-state index is 0.659. The number of nitrogens with one attached hydrogen (secondary N) is 1. The van der Waals surface area contributed by atoms with Crippen molar-refractivity contribution in [2.24, 2.45) is 0 Å². The molecule has 3 heteroatoms. The third-order valence-corrected chi connectivity index (χ3v) is 3.67. The molecule has 0 unspecified atom stereocenters. The average molecular weight is 273 g/mol. The Bertz CT molecular complexity index is 528. The molecule has 0 bridgehead atoms. The number of rotatable bonds is 6. The summed E-state index contributed by atoms with van der Waals surface area (Å²) in [6.45, 7) is 3.56. The van der Waals surface area contributed by atoms with Gasteiger partial charge in [-0.05, 0) is 36.9 Å². The van der Waals surface area contributed by atoms with E-state index in [1.165, 1.54) is 16.1 Å². The molecule has 2 aromatic carbocycles. The molecule has 0 saturated heterocycles. The van der Waals surface area contributed by atoms with Crippen molar-refractivity contribution in [3.63, 3.8) is 0 Å². The Hall–Kier alpha value is -1.61. The van der Waals surface area contributed by atoms with Crippen LogP contribution in [0.1, 0.15) is 5.56 Å². The predicted molar refractivity (Wildman–Crippen MR) is 83.4 cm³/mol. The van der Waals surface area contributed by atoms with E-state index in [0.717, 1.165) is 12.3 Å². The number of anilines is 1. The fraction of sp³-hybridized carbons (Fsp3) is 0.250. The van der Waals surface area contributed by atoms with Gasteiger partial charge >= 0.3 is 0 Å². The first kappa shape index (κ1) is 13.8. The van der Waals surface area contributed by atoms with Gasteiger partial charge in [0.25, 0.3) is 0 Å². The highest BCUT2D eigenvalue weighted by atomic mass is 32.2. The van der Waals surface area contributed by atoms with Crippen LogP contribution in [0.4, 0.5) is 5.69 Å². The lowest BCUT2D eigenvalue weighted by Gasteiger charge is -2.12.